The Morgan fingerprint density at radius 3 is 1.00 bits per heavy atom. The predicted octanol–water partition coefficient (Wildman–Crippen LogP) is -0.0100. The number of hydrogen-bond donors (Lipinski definition) is 0. The second-order valence-electron chi connectivity index (χ2n) is 0. The molecule has 4 heteroatoms. The van der Waals surface area contributed by atoms with Gasteiger partial charge in [0.25, 0.3) is 0 Å². The van der Waals surface area contributed by atoms with E-state index in [0.717, 1.165) is 0 Å². The van der Waals surface area contributed by atoms with Crippen LogP contribution in [0.2, 0.25) is 0 Å². The van der Waals surface area contributed by atoms with Crippen molar-refractivity contribution >= 4 is 0 Å². The third kappa shape index (κ3) is 8.84. The quantitative estimate of drug-likeness (QED) is 0.534. The van der Waals surface area contributed by atoms with Crippen LogP contribution < -0.4 is 0 Å². The van der Waals surface area contributed by atoms with Gasteiger partial charge in [0, 0.05) is 86.0 Å². The molecule has 0 nitrogen and oxygen atoms in total. The molecular weight excluding hydrogens is 255 g/mol. The van der Waals surface area contributed by atoms with E-state index >= 15 is 0 Å². The zero-order valence-electron chi connectivity index (χ0n) is 2.15. The molecule has 0 atom stereocenters. The number of rotatable bonds is 0. The molecule has 0 aliphatic carbocycles. The molecule has 0 aromatic carbocycles. The molecule has 0 aromatic rings. The molecule has 0 aliphatic rings. The van der Waals surface area contributed by atoms with Gasteiger partial charge in [-0.25, -0.2) is 0 Å². The summed E-state index contributed by atoms with van der Waals surface area (Å²) in [6.07, 6.45) is 0. The Morgan fingerprint density at radius 1 is 1.00 bits per heavy atom. The zero-order chi connectivity index (χ0) is 0. The average molecular weight is 255 g/mol. The molecule has 0 rings (SSSR count). The van der Waals surface area contributed by atoms with Crippen molar-refractivity contribution in [3.05, 3.63) is 0 Å². The van der Waals surface area contributed by atoms with Gasteiger partial charge in [0.1, 0.15) is 0 Å². The molecule has 0 amide bonds. The van der Waals surface area contributed by atoms with Crippen LogP contribution in [0.4, 0.5) is 0 Å². The predicted molar refractivity (Wildman–Crippen MR) is 0 cm³/mol. The van der Waals surface area contributed by atoms with Crippen molar-refractivity contribution in [1.29, 1.82) is 0 Å². The fourth-order valence-corrected chi connectivity index (χ4v) is 0. The van der Waals surface area contributed by atoms with Crippen LogP contribution >= 0.6 is 0 Å². The SMILES string of the molecule is [Ti].[V].[Zn].[Zr]. The van der Waals surface area contributed by atoms with Gasteiger partial charge in [0.2, 0.25) is 0 Å². The van der Waals surface area contributed by atoms with Gasteiger partial charge in [-0.05, 0) is 0 Å². The number of hydrogen-bond acceptors (Lipinski definition) is 0. The molecular formula is TiVZnZr. The molecule has 0 aliphatic heterocycles. The monoisotopic (exact) mass is 253 g/mol. The molecule has 1 radical (unpaired) electrons. The standard InChI is InChI=1S/Ti.V.Zn.Zr. The molecule has 0 spiro atoms. The van der Waals surface area contributed by atoms with Gasteiger partial charge in [-0.15, -0.1) is 0 Å². The zero-order valence-corrected chi connectivity index (χ0v) is 10.5. The first-order valence-electron chi connectivity index (χ1n) is 0. The van der Waals surface area contributed by atoms with E-state index in [1.807, 2.05) is 0 Å². The minimum Gasteiger partial charge on any atom is 0 e. The van der Waals surface area contributed by atoms with E-state index in [1.165, 1.54) is 0 Å². The summed E-state index contributed by atoms with van der Waals surface area (Å²) < 4.78 is 0. The summed E-state index contributed by atoms with van der Waals surface area (Å²) in [6, 6.07) is 0. The Kier molecular flexibility index (Phi) is 124. The minimum atomic E-state index is 0. The van der Waals surface area contributed by atoms with Crippen LogP contribution in [-0.4, -0.2) is 0 Å². The van der Waals surface area contributed by atoms with Crippen molar-refractivity contribution in [2.75, 3.05) is 0 Å². The molecule has 0 bridgehead atoms. The van der Waals surface area contributed by atoms with E-state index in [1.54, 1.807) is 0 Å². The van der Waals surface area contributed by atoms with Crippen LogP contribution in [0, 0.1) is 0 Å². The van der Waals surface area contributed by atoms with Crippen LogP contribution in [-0.2, 0) is 86.0 Å². The van der Waals surface area contributed by atoms with Crippen LogP contribution in [0.5, 0.6) is 0 Å². The summed E-state index contributed by atoms with van der Waals surface area (Å²) >= 11 is 0. The van der Waals surface area contributed by atoms with E-state index in [4.69, 9.17) is 0 Å². The maximum atomic E-state index is 0. The fraction of sp³-hybridized carbons (Fsp3) is 0. The van der Waals surface area contributed by atoms with Crippen molar-refractivity contribution in [1.82, 2.24) is 0 Å². The van der Waals surface area contributed by atoms with E-state index in [-0.39, 0.29) is 86.0 Å². The topological polar surface area (TPSA) is 0 Å². The van der Waals surface area contributed by atoms with Crippen LogP contribution in [0.1, 0.15) is 0 Å². The fourth-order valence-electron chi connectivity index (χ4n) is 0. The van der Waals surface area contributed by atoms with Gasteiger partial charge in [-0.1, -0.05) is 0 Å². The molecule has 15 valence electrons. The Bertz CT molecular complexity index is 8.00. The molecule has 0 unspecified atom stereocenters. The summed E-state index contributed by atoms with van der Waals surface area (Å²) in [7, 11) is 0. The molecule has 0 heterocycles. The van der Waals surface area contributed by atoms with Crippen LogP contribution in [0.15, 0.2) is 0 Å². The van der Waals surface area contributed by atoms with E-state index in [9.17, 15) is 0 Å². The maximum absolute atomic E-state index is 0. The Balaban J connectivity index is 0. The molecule has 0 saturated heterocycles. The summed E-state index contributed by atoms with van der Waals surface area (Å²) in [5.41, 5.74) is 0. The van der Waals surface area contributed by atoms with Gasteiger partial charge in [0.05, 0.1) is 0 Å². The van der Waals surface area contributed by atoms with Crippen molar-refractivity contribution in [3.63, 3.8) is 0 Å². The van der Waals surface area contributed by atoms with Crippen LogP contribution in [0.25, 0.3) is 0 Å². The summed E-state index contributed by atoms with van der Waals surface area (Å²) in [4.78, 5) is 0. The smallest absolute Gasteiger partial charge is 0 e. The van der Waals surface area contributed by atoms with Crippen molar-refractivity contribution in [2.45, 2.75) is 0 Å². The summed E-state index contributed by atoms with van der Waals surface area (Å²) in [5, 5.41) is 0. The largest absolute Gasteiger partial charge is 0 e. The third-order valence-electron chi connectivity index (χ3n) is 0. The Morgan fingerprint density at radius 2 is 1.00 bits per heavy atom. The second-order valence-corrected chi connectivity index (χ2v) is 0. The first-order chi connectivity index (χ1) is 0. The summed E-state index contributed by atoms with van der Waals surface area (Å²) in [6.45, 7) is 0. The average Bonchev–Trinajstić information content (AvgIpc) is 0. The maximum Gasteiger partial charge on any atom is 0 e. The molecule has 0 N–H and O–H groups in total. The van der Waals surface area contributed by atoms with Crippen molar-refractivity contribution in [3.8, 4) is 0 Å². The molecule has 4 heavy (non-hydrogen) atoms. The molecule has 0 saturated carbocycles. The first-order valence-corrected chi connectivity index (χ1v) is 0. The van der Waals surface area contributed by atoms with E-state index in [0.29, 0.717) is 0 Å². The van der Waals surface area contributed by atoms with Gasteiger partial charge in [0.15, 0.2) is 0 Å². The van der Waals surface area contributed by atoms with Gasteiger partial charge in [-0.2, -0.15) is 0 Å². The third-order valence-corrected chi connectivity index (χ3v) is 0. The Labute approximate surface area is 84.5 Å². The van der Waals surface area contributed by atoms with Crippen molar-refractivity contribution in [2.24, 2.45) is 0 Å². The Hall–Kier alpha value is 2.81. The molecule has 0 fully saturated rings. The van der Waals surface area contributed by atoms with Gasteiger partial charge >= 0.3 is 0 Å². The van der Waals surface area contributed by atoms with Gasteiger partial charge in [-0.3, -0.25) is 0 Å². The van der Waals surface area contributed by atoms with E-state index < -0.39 is 0 Å². The van der Waals surface area contributed by atoms with Gasteiger partial charge < -0.3 is 0 Å². The van der Waals surface area contributed by atoms with E-state index in [2.05, 4.69) is 0 Å². The van der Waals surface area contributed by atoms with Crippen molar-refractivity contribution < 1.29 is 86.0 Å². The normalized spacial score (nSPS) is 0. The first kappa shape index (κ1) is 29.1. The second kappa shape index (κ2) is 17.0. The molecule has 0 aromatic heterocycles. The summed E-state index contributed by atoms with van der Waals surface area (Å²) in [5.74, 6) is 0. The minimum absolute atomic E-state index is 0. The van der Waals surface area contributed by atoms with Crippen LogP contribution in [0.3, 0.4) is 0 Å².